The fourth-order valence-corrected chi connectivity index (χ4v) is 7.66. The second-order valence-electron chi connectivity index (χ2n) is 12.9. The highest BCUT2D eigenvalue weighted by atomic mass is 16.3. The van der Waals surface area contributed by atoms with Gasteiger partial charge in [0, 0.05) is 55.2 Å². The maximum Gasteiger partial charge on any atom is 0.238 e. The van der Waals surface area contributed by atoms with Gasteiger partial charge in [-0.3, -0.25) is 4.57 Å². The summed E-state index contributed by atoms with van der Waals surface area (Å²) in [5.41, 5.74) is 8.85. The smallest absolute Gasteiger partial charge is 0.238 e. The first-order valence-electron chi connectivity index (χ1n) is 17.0. The minimum atomic E-state index is 0.542. The fraction of sp³-hybridized carbons (Fsp3) is 0. The van der Waals surface area contributed by atoms with Crippen LogP contribution in [0.15, 0.2) is 168 Å². The van der Waals surface area contributed by atoms with Crippen molar-refractivity contribution in [1.29, 1.82) is 0 Å². The quantitative estimate of drug-likeness (QED) is 0.190. The molecule has 6 nitrogen and oxygen atoms in total. The molecule has 11 rings (SSSR count). The number of furan rings is 1. The first-order valence-corrected chi connectivity index (χ1v) is 17.0. The Labute approximate surface area is 291 Å². The molecule has 0 radical (unpaired) electrons. The van der Waals surface area contributed by atoms with E-state index < -0.39 is 0 Å². The van der Waals surface area contributed by atoms with Gasteiger partial charge in [0.25, 0.3) is 0 Å². The average molecular weight is 654 g/mol. The van der Waals surface area contributed by atoms with E-state index in [2.05, 4.69) is 100 Å². The molecule has 51 heavy (non-hydrogen) atoms. The molecule has 238 valence electrons. The summed E-state index contributed by atoms with van der Waals surface area (Å²) in [5.74, 6) is 1.76. The van der Waals surface area contributed by atoms with Crippen molar-refractivity contribution in [3.8, 4) is 34.4 Å². The van der Waals surface area contributed by atoms with Crippen LogP contribution < -0.4 is 0 Å². The zero-order valence-electron chi connectivity index (χ0n) is 27.2. The highest BCUT2D eigenvalue weighted by molar-refractivity contribution is 6.22. The van der Waals surface area contributed by atoms with Crippen LogP contribution in [-0.2, 0) is 0 Å². The third kappa shape index (κ3) is 4.20. The number of fused-ring (bicyclic) bond motifs is 9. The van der Waals surface area contributed by atoms with Crippen molar-refractivity contribution >= 4 is 65.6 Å². The number of hydrogen-bond donors (Lipinski definition) is 0. The Balaban J connectivity index is 1.31. The second kappa shape index (κ2) is 10.7. The summed E-state index contributed by atoms with van der Waals surface area (Å²) in [7, 11) is 0. The molecular weight excluding hydrogens is 627 g/mol. The van der Waals surface area contributed by atoms with E-state index in [1.807, 2.05) is 72.8 Å². The van der Waals surface area contributed by atoms with E-state index in [0.29, 0.717) is 17.6 Å². The third-order valence-corrected chi connectivity index (χ3v) is 9.96. The zero-order valence-corrected chi connectivity index (χ0v) is 27.2. The Morgan fingerprint density at radius 1 is 0.353 bits per heavy atom. The molecule has 4 aromatic heterocycles. The molecule has 0 fully saturated rings. The van der Waals surface area contributed by atoms with Crippen LogP contribution in [0.5, 0.6) is 0 Å². The second-order valence-corrected chi connectivity index (χ2v) is 12.9. The van der Waals surface area contributed by atoms with Crippen molar-refractivity contribution in [1.82, 2.24) is 24.1 Å². The molecule has 4 heterocycles. The van der Waals surface area contributed by atoms with E-state index in [1.165, 1.54) is 10.8 Å². The molecule has 6 heteroatoms. The molecule has 0 N–H and O–H groups in total. The van der Waals surface area contributed by atoms with E-state index in [4.69, 9.17) is 19.4 Å². The van der Waals surface area contributed by atoms with Gasteiger partial charge < -0.3 is 8.98 Å². The largest absolute Gasteiger partial charge is 0.456 e. The lowest BCUT2D eigenvalue weighted by Crippen LogP contribution is -2.06. The Kier molecular flexibility index (Phi) is 5.86. The summed E-state index contributed by atoms with van der Waals surface area (Å²) in [6.45, 7) is 0. The standard InChI is InChI=1S/C45H27N5O/c1-4-14-28(15-5-1)43-46-44(29-16-6-2-7-17-29)48-45(47-43)50-39-26-38-33(31-20-10-12-22-37(31)49(38)30-18-8-3-9-19-30)24-34(39)35-25-36-32-21-11-13-23-41(32)51-42(36)27-40(35)50/h1-27H. The predicted molar refractivity (Wildman–Crippen MR) is 207 cm³/mol. The third-order valence-electron chi connectivity index (χ3n) is 9.96. The highest BCUT2D eigenvalue weighted by Gasteiger charge is 2.22. The highest BCUT2D eigenvalue weighted by Crippen LogP contribution is 2.42. The summed E-state index contributed by atoms with van der Waals surface area (Å²) in [6.07, 6.45) is 0. The lowest BCUT2D eigenvalue weighted by Gasteiger charge is -2.11. The van der Waals surface area contributed by atoms with Crippen LogP contribution in [0.25, 0.3) is 100.0 Å². The van der Waals surface area contributed by atoms with Crippen molar-refractivity contribution in [2.75, 3.05) is 0 Å². The van der Waals surface area contributed by atoms with Crippen molar-refractivity contribution in [3.63, 3.8) is 0 Å². The summed E-state index contributed by atoms with van der Waals surface area (Å²) < 4.78 is 11.0. The number of hydrogen-bond acceptors (Lipinski definition) is 4. The SMILES string of the molecule is c1ccc(-c2nc(-c3ccccc3)nc(-n3c4cc5oc6ccccc6c5cc4c4cc5c6ccccc6n(-c6ccccc6)c5cc43)n2)cc1. The van der Waals surface area contributed by atoms with Gasteiger partial charge in [-0.2, -0.15) is 9.97 Å². The van der Waals surface area contributed by atoms with Crippen LogP contribution in [0, 0.1) is 0 Å². The minimum Gasteiger partial charge on any atom is -0.456 e. The molecule has 0 atom stereocenters. The van der Waals surface area contributed by atoms with Gasteiger partial charge in [0.15, 0.2) is 11.6 Å². The van der Waals surface area contributed by atoms with Gasteiger partial charge >= 0.3 is 0 Å². The van der Waals surface area contributed by atoms with Gasteiger partial charge in [-0.25, -0.2) is 4.98 Å². The van der Waals surface area contributed by atoms with Crippen LogP contribution in [0.2, 0.25) is 0 Å². The lowest BCUT2D eigenvalue weighted by atomic mass is 10.1. The Morgan fingerprint density at radius 3 is 1.59 bits per heavy atom. The zero-order chi connectivity index (χ0) is 33.5. The van der Waals surface area contributed by atoms with Crippen molar-refractivity contribution < 1.29 is 4.42 Å². The molecule has 0 saturated heterocycles. The number of aromatic nitrogens is 5. The van der Waals surface area contributed by atoms with Gasteiger partial charge in [-0.05, 0) is 42.5 Å². The average Bonchev–Trinajstić information content (AvgIpc) is 3.83. The van der Waals surface area contributed by atoms with Crippen LogP contribution in [0.1, 0.15) is 0 Å². The van der Waals surface area contributed by atoms with E-state index in [-0.39, 0.29) is 0 Å². The lowest BCUT2D eigenvalue weighted by molar-refractivity contribution is 0.669. The van der Waals surface area contributed by atoms with Crippen LogP contribution in [0.3, 0.4) is 0 Å². The van der Waals surface area contributed by atoms with E-state index >= 15 is 0 Å². The molecule has 0 saturated carbocycles. The van der Waals surface area contributed by atoms with E-state index in [0.717, 1.165) is 71.6 Å². The van der Waals surface area contributed by atoms with Crippen molar-refractivity contribution in [2.24, 2.45) is 0 Å². The number of para-hydroxylation sites is 3. The number of rotatable bonds is 4. The molecule has 11 aromatic rings. The first-order chi connectivity index (χ1) is 25.3. The predicted octanol–water partition coefficient (Wildman–Crippen LogP) is 11.3. The minimum absolute atomic E-state index is 0.542. The van der Waals surface area contributed by atoms with Crippen molar-refractivity contribution in [2.45, 2.75) is 0 Å². The normalized spacial score (nSPS) is 11.9. The molecule has 0 unspecified atom stereocenters. The van der Waals surface area contributed by atoms with E-state index in [1.54, 1.807) is 0 Å². The topological polar surface area (TPSA) is 61.7 Å². The molecule has 0 aliphatic rings. The summed E-state index contributed by atoms with van der Waals surface area (Å²) in [5, 5.41) is 6.77. The van der Waals surface area contributed by atoms with Crippen LogP contribution >= 0.6 is 0 Å². The monoisotopic (exact) mass is 653 g/mol. The number of nitrogens with zero attached hydrogens (tertiary/aromatic N) is 5. The first kappa shape index (κ1) is 27.9. The van der Waals surface area contributed by atoms with Gasteiger partial charge in [0.2, 0.25) is 5.95 Å². The van der Waals surface area contributed by atoms with Crippen LogP contribution in [-0.4, -0.2) is 24.1 Å². The van der Waals surface area contributed by atoms with Crippen molar-refractivity contribution in [3.05, 3.63) is 164 Å². The summed E-state index contributed by atoms with van der Waals surface area (Å²) in [4.78, 5) is 15.4. The Hall–Kier alpha value is -7.05. The van der Waals surface area contributed by atoms with Gasteiger partial charge in [-0.1, -0.05) is 115 Å². The number of benzene rings is 7. The van der Waals surface area contributed by atoms with Gasteiger partial charge in [0.1, 0.15) is 11.2 Å². The van der Waals surface area contributed by atoms with Gasteiger partial charge in [-0.15, -0.1) is 0 Å². The molecular formula is C45H27N5O. The molecule has 0 amide bonds. The summed E-state index contributed by atoms with van der Waals surface area (Å²) in [6, 6.07) is 56.7. The maximum atomic E-state index is 6.46. The Morgan fingerprint density at radius 2 is 0.882 bits per heavy atom. The maximum absolute atomic E-state index is 6.46. The fourth-order valence-electron chi connectivity index (χ4n) is 7.66. The molecule has 0 bridgehead atoms. The molecule has 7 aromatic carbocycles. The van der Waals surface area contributed by atoms with Crippen LogP contribution in [0.4, 0.5) is 0 Å². The Bertz CT molecular complexity index is 3060. The summed E-state index contributed by atoms with van der Waals surface area (Å²) >= 11 is 0. The molecule has 0 aliphatic heterocycles. The van der Waals surface area contributed by atoms with E-state index in [9.17, 15) is 0 Å². The van der Waals surface area contributed by atoms with Gasteiger partial charge in [0.05, 0.1) is 22.1 Å². The molecule has 0 spiro atoms. The molecule has 0 aliphatic carbocycles.